The zero-order valence-electron chi connectivity index (χ0n) is 6.80. The van der Waals surface area contributed by atoms with Gasteiger partial charge >= 0.3 is 6.03 Å². The molecule has 1 fully saturated rings. The maximum Gasteiger partial charge on any atom is 0.312 e. The number of carbonyl (C=O) groups is 2. The van der Waals surface area contributed by atoms with Gasteiger partial charge in [0.25, 0.3) is 0 Å². The zero-order valence-corrected chi connectivity index (χ0v) is 6.80. The molecule has 0 aromatic carbocycles. The third kappa shape index (κ3) is 2.77. The molecule has 12 heavy (non-hydrogen) atoms. The van der Waals surface area contributed by atoms with Gasteiger partial charge in [-0.05, 0) is 19.3 Å². The fourth-order valence-corrected chi connectivity index (χ4v) is 0.999. The number of hydrogen-bond donors (Lipinski definition) is 3. The third-order valence-electron chi connectivity index (χ3n) is 1.89. The molecule has 5 heteroatoms. The number of hydrogen-bond acceptors (Lipinski definition) is 2. The zero-order chi connectivity index (χ0) is 8.97. The first kappa shape index (κ1) is 8.83. The maximum atomic E-state index is 11.0. The van der Waals surface area contributed by atoms with Crippen LogP contribution in [0.5, 0.6) is 0 Å². The van der Waals surface area contributed by atoms with E-state index in [4.69, 9.17) is 5.73 Å². The molecule has 3 amide bonds. The molecule has 0 bridgehead atoms. The van der Waals surface area contributed by atoms with Crippen molar-refractivity contribution in [2.45, 2.75) is 25.3 Å². The number of nitrogens with two attached hydrogens (primary N) is 1. The molecule has 0 aromatic rings. The van der Waals surface area contributed by atoms with E-state index in [0.29, 0.717) is 6.04 Å². The van der Waals surface area contributed by atoms with Crippen molar-refractivity contribution in [3.63, 3.8) is 0 Å². The molecule has 1 rings (SSSR count). The molecule has 0 heterocycles. The highest BCUT2D eigenvalue weighted by Crippen LogP contribution is 2.17. The number of amides is 3. The van der Waals surface area contributed by atoms with Gasteiger partial charge in [0.2, 0.25) is 5.91 Å². The predicted molar refractivity (Wildman–Crippen MR) is 43.4 cm³/mol. The van der Waals surface area contributed by atoms with Gasteiger partial charge in [-0.15, -0.1) is 0 Å². The molecule has 0 aromatic heterocycles. The third-order valence-corrected chi connectivity index (χ3v) is 1.89. The summed E-state index contributed by atoms with van der Waals surface area (Å²) in [5.41, 5.74) is 4.79. The Balaban J connectivity index is 2.06. The van der Waals surface area contributed by atoms with Crippen LogP contribution >= 0.6 is 0 Å². The molecule has 1 saturated carbocycles. The minimum Gasteiger partial charge on any atom is -0.352 e. The average Bonchev–Trinajstić information content (AvgIpc) is 1.93. The van der Waals surface area contributed by atoms with Crippen molar-refractivity contribution in [1.82, 2.24) is 10.6 Å². The summed E-state index contributed by atoms with van der Waals surface area (Å²) in [6, 6.07) is -0.356. The molecule has 1 aliphatic carbocycles. The number of nitrogens with one attached hydrogen (secondary N) is 2. The van der Waals surface area contributed by atoms with E-state index in [-0.39, 0.29) is 12.5 Å². The SMILES string of the molecule is NC(=O)NCC(=O)NC1CCC1. The van der Waals surface area contributed by atoms with Crippen LogP contribution in [0.3, 0.4) is 0 Å². The number of primary amides is 1. The van der Waals surface area contributed by atoms with Crippen LogP contribution in [0.1, 0.15) is 19.3 Å². The van der Waals surface area contributed by atoms with Crippen LogP contribution in [0.25, 0.3) is 0 Å². The second kappa shape index (κ2) is 3.94. The monoisotopic (exact) mass is 171 g/mol. The van der Waals surface area contributed by atoms with E-state index in [2.05, 4.69) is 10.6 Å². The summed E-state index contributed by atoms with van der Waals surface area (Å²) in [5.74, 6) is -0.168. The number of rotatable bonds is 3. The van der Waals surface area contributed by atoms with Gasteiger partial charge < -0.3 is 16.4 Å². The molecule has 5 nitrogen and oxygen atoms in total. The summed E-state index contributed by atoms with van der Waals surface area (Å²) in [7, 11) is 0. The topological polar surface area (TPSA) is 84.2 Å². The molecule has 1 aliphatic rings. The lowest BCUT2D eigenvalue weighted by molar-refractivity contribution is -0.121. The van der Waals surface area contributed by atoms with Crippen LogP contribution in [0, 0.1) is 0 Å². The molecule has 0 aliphatic heterocycles. The van der Waals surface area contributed by atoms with Crippen LogP contribution in [-0.4, -0.2) is 24.5 Å². The van der Waals surface area contributed by atoms with E-state index in [1.54, 1.807) is 0 Å². The largest absolute Gasteiger partial charge is 0.352 e. The highest BCUT2D eigenvalue weighted by atomic mass is 16.2. The van der Waals surface area contributed by atoms with Gasteiger partial charge in [-0.1, -0.05) is 0 Å². The van der Waals surface area contributed by atoms with Gasteiger partial charge in [-0.25, -0.2) is 4.79 Å². The summed E-state index contributed by atoms with van der Waals surface area (Å²) in [4.78, 5) is 21.2. The summed E-state index contributed by atoms with van der Waals surface area (Å²) in [6.07, 6.45) is 3.26. The van der Waals surface area contributed by atoms with Crippen molar-refractivity contribution < 1.29 is 9.59 Å². The summed E-state index contributed by atoms with van der Waals surface area (Å²) in [6.45, 7) is -0.0220. The van der Waals surface area contributed by atoms with Crippen molar-refractivity contribution in [3.05, 3.63) is 0 Å². The normalized spacial score (nSPS) is 16.3. The van der Waals surface area contributed by atoms with E-state index in [9.17, 15) is 9.59 Å². The molecule has 0 spiro atoms. The molecular formula is C7H13N3O2. The molecule has 0 atom stereocenters. The van der Waals surface area contributed by atoms with Gasteiger partial charge in [0.15, 0.2) is 0 Å². The number of urea groups is 1. The van der Waals surface area contributed by atoms with Crippen molar-refractivity contribution >= 4 is 11.9 Å². The number of carbonyl (C=O) groups excluding carboxylic acids is 2. The van der Waals surface area contributed by atoms with E-state index >= 15 is 0 Å². The molecule has 0 unspecified atom stereocenters. The van der Waals surface area contributed by atoms with E-state index in [1.807, 2.05) is 0 Å². The Morgan fingerprint density at radius 1 is 1.42 bits per heavy atom. The van der Waals surface area contributed by atoms with Crippen LogP contribution < -0.4 is 16.4 Å². The quantitative estimate of drug-likeness (QED) is 0.525. The first-order chi connectivity index (χ1) is 5.68. The molecule has 0 saturated heterocycles. The van der Waals surface area contributed by atoms with Crippen molar-refractivity contribution in [3.8, 4) is 0 Å². The molecular weight excluding hydrogens is 158 g/mol. The van der Waals surface area contributed by atoms with E-state index in [0.717, 1.165) is 12.8 Å². The summed E-state index contributed by atoms with van der Waals surface area (Å²) < 4.78 is 0. The maximum absolute atomic E-state index is 11.0. The molecule has 0 radical (unpaired) electrons. The Labute approximate surface area is 70.7 Å². The van der Waals surface area contributed by atoms with Crippen molar-refractivity contribution in [2.24, 2.45) is 5.73 Å². The van der Waals surface area contributed by atoms with Crippen LogP contribution in [0.15, 0.2) is 0 Å². The van der Waals surface area contributed by atoms with Crippen molar-refractivity contribution in [2.75, 3.05) is 6.54 Å². The Hall–Kier alpha value is -1.26. The molecule has 68 valence electrons. The Morgan fingerprint density at radius 3 is 2.50 bits per heavy atom. The Morgan fingerprint density at radius 2 is 2.08 bits per heavy atom. The summed E-state index contributed by atoms with van der Waals surface area (Å²) >= 11 is 0. The fourth-order valence-electron chi connectivity index (χ4n) is 0.999. The standard InChI is InChI=1S/C7H13N3O2/c8-7(12)9-4-6(11)10-5-2-1-3-5/h5H,1-4H2,(H,10,11)(H3,8,9,12). The lowest BCUT2D eigenvalue weighted by atomic mass is 9.93. The van der Waals surface area contributed by atoms with Gasteiger partial charge in [-0.3, -0.25) is 4.79 Å². The molecule has 4 N–H and O–H groups in total. The first-order valence-corrected chi connectivity index (χ1v) is 4.01. The van der Waals surface area contributed by atoms with E-state index in [1.165, 1.54) is 6.42 Å². The van der Waals surface area contributed by atoms with Gasteiger partial charge in [0.1, 0.15) is 0 Å². The van der Waals surface area contributed by atoms with Crippen molar-refractivity contribution in [1.29, 1.82) is 0 Å². The lowest BCUT2D eigenvalue weighted by Crippen LogP contribution is -2.45. The second-order valence-electron chi connectivity index (χ2n) is 2.91. The fraction of sp³-hybridized carbons (Fsp3) is 0.714. The average molecular weight is 171 g/mol. The lowest BCUT2D eigenvalue weighted by Gasteiger charge is -2.26. The Bertz CT molecular complexity index is 189. The highest BCUT2D eigenvalue weighted by molar-refractivity contribution is 5.83. The minimum absolute atomic E-state index is 0.0220. The van der Waals surface area contributed by atoms with Gasteiger partial charge in [0, 0.05) is 6.04 Å². The smallest absolute Gasteiger partial charge is 0.312 e. The highest BCUT2D eigenvalue weighted by Gasteiger charge is 2.18. The van der Waals surface area contributed by atoms with E-state index < -0.39 is 6.03 Å². The minimum atomic E-state index is -0.668. The van der Waals surface area contributed by atoms with Crippen LogP contribution in [-0.2, 0) is 4.79 Å². The van der Waals surface area contributed by atoms with Gasteiger partial charge in [-0.2, -0.15) is 0 Å². The van der Waals surface area contributed by atoms with Crippen LogP contribution in [0.2, 0.25) is 0 Å². The predicted octanol–water partition coefficient (Wildman–Crippen LogP) is -0.677. The Kier molecular flexibility index (Phi) is 2.90. The van der Waals surface area contributed by atoms with Gasteiger partial charge in [0.05, 0.1) is 6.54 Å². The van der Waals surface area contributed by atoms with Crippen LogP contribution in [0.4, 0.5) is 4.79 Å². The second-order valence-corrected chi connectivity index (χ2v) is 2.91. The summed E-state index contributed by atoms with van der Waals surface area (Å²) in [5, 5.41) is 4.99. The first-order valence-electron chi connectivity index (χ1n) is 4.01.